The minimum atomic E-state index is 0. The van der Waals surface area contributed by atoms with Crippen LogP contribution in [0.3, 0.4) is 0 Å². The summed E-state index contributed by atoms with van der Waals surface area (Å²) in [5.41, 5.74) is 7.05. The molecule has 1 aliphatic rings. The third kappa shape index (κ3) is 3.57. The first-order chi connectivity index (χ1) is 7.72. The molecule has 1 aromatic rings. The van der Waals surface area contributed by atoms with Crippen LogP contribution in [0.1, 0.15) is 29.0 Å². The van der Waals surface area contributed by atoms with Gasteiger partial charge in [0.2, 0.25) is 0 Å². The molecule has 0 aliphatic carbocycles. The second kappa shape index (κ2) is 7.56. The van der Waals surface area contributed by atoms with Gasteiger partial charge >= 0.3 is 0 Å². The zero-order chi connectivity index (χ0) is 11.5. The third-order valence-electron chi connectivity index (χ3n) is 3.02. The summed E-state index contributed by atoms with van der Waals surface area (Å²) in [6.07, 6.45) is 2.05. The number of rotatable bonds is 2. The van der Waals surface area contributed by atoms with Crippen molar-refractivity contribution in [3.05, 3.63) is 29.6 Å². The Hall–Kier alpha value is -0.840. The van der Waals surface area contributed by atoms with Crippen LogP contribution in [0.15, 0.2) is 18.2 Å². The molecule has 1 atom stereocenters. The van der Waals surface area contributed by atoms with Crippen molar-refractivity contribution in [2.75, 3.05) is 13.1 Å². The van der Waals surface area contributed by atoms with E-state index in [1.54, 1.807) is 6.07 Å². The Balaban J connectivity index is 0.00000144. The fourth-order valence-corrected chi connectivity index (χ4v) is 2.16. The maximum absolute atomic E-state index is 12.2. The first-order valence-electron chi connectivity index (χ1n) is 5.67. The number of pyridine rings is 1. The number of aromatic nitrogens is 1. The Bertz CT molecular complexity index is 401. The summed E-state index contributed by atoms with van der Waals surface area (Å²) in [6.45, 7) is 3.23. The highest BCUT2D eigenvalue weighted by Crippen LogP contribution is 2.18. The van der Waals surface area contributed by atoms with E-state index < -0.39 is 0 Å². The van der Waals surface area contributed by atoms with Gasteiger partial charge in [-0.1, -0.05) is 6.07 Å². The number of nitrogens with zero attached hydrogens (tertiary/aromatic N) is 2. The number of carbonyl (C=O) groups is 1. The zero-order valence-corrected chi connectivity index (χ0v) is 12.0. The summed E-state index contributed by atoms with van der Waals surface area (Å²) in [4.78, 5) is 18.3. The van der Waals surface area contributed by atoms with Gasteiger partial charge in [0.05, 0.1) is 0 Å². The Morgan fingerprint density at radius 3 is 2.83 bits per heavy atom. The minimum absolute atomic E-state index is 0. The molecule has 1 amide bonds. The lowest BCUT2D eigenvalue weighted by Crippen LogP contribution is -2.40. The lowest BCUT2D eigenvalue weighted by molar-refractivity contribution is 0.0735. The molecule has 1 aliphatic heterocycles. The van der Waals surface area contributed by atoms with Crippen LogP contribution in [0, 0.1) is 6.92 Å². The van der Waals surface area contributed by atoms with Crippen LogP contribution in [0.2, 0.25) is 0 Å². The fourth-order valence-electron chi connectivity index (χ4n) is 2.16. The predicted molar refractivity (Wildman–Crippen MR) is 76.6 cm³/mol. The van der Waals surface area contributed by atoms with Crippen molar-refractivity contribution >= 4 is 30.7 Å². The lowest BCUT2D eigenvalue weighted by atomic mass is 10.2. The molecule has 1 saturated heterocycles. The molecule has 2 rings (SSSR count). The van der Waals surface area contributed by atoms with Crippen LogP contribution in [0.5, 0.6) is 0 Å². The largest absolute Gasteiger partial charge is 0.333 e. The van der Waals surface area contributed by atoms with Gasteiger partial charge in [-0.25, -0.2) is 4.98 Å². The summed E-state index contributed by atoms with van der Waals surface area (Å²) >= 11 is 0. The van der Waals surface area contributed by atoms with Gasteiger partial charge in [-0.2, -0.15) is 0 Å². The first-order valence-corrected chi connectivity index (χ1v) is 5.67. The highest BCUT2D eigenvalue weighted by molar-refractivity contribution is 5.92. The van der Waals surface area contributed by atoms with E-state index >= 15 is 0 Å². The second-order valence-electron chi connectivity index (χ2n) is 4.19. The number of hydrogen-bond donors (Lipinski definition) is 1. The van der Waals surface area contributed by atoms with Crippen molar-refractivity contribution in [3.63, 3.8) is 0 Å². The minimum Gasteiger partial charge on any atom is -0.333 e. The van der Waals surface area contributed by atoms with Crippen molar-refractivity contribution in [2.45, 2.75) is 25.8 Å². The summed E-state index contributed by atoms with van der Waals surface area (Å²) in [5.74, 6) is 0.0108. The van der Waals surface area contributed by atoms with E-state index in [0.717, 1.165) is 25.1 Å². The van der Waals surface area contributed by atoms with Gasteiger partial charge in [0.25, 0.3) is 5.91 Å². The summed E-state index contributed by atoms with van der Waals surface area (Å²) in [7, 11) is 0. The molecule has 0 saturated carbocycles. The van der Waals surface area contributed by atoms with Crippen molar-refractivity contribution in [1.29, 1.82) is 0 Å². The van der Waals surface area contributed by atoms with Gasteiger partial charge in [-0.15, -0.1) is 24.8 Å². The van der Waals surface area contributed by atoms with Crippen molar-refractivity contribution < 1.29 is 4.79 Å². The van der Waals surface area contributed by atoms with E-state index in [2.05, 4.69) is 4.98 Å². The average molecular weight is 292 g/mol. The standard InChI is InChI=1S/C12H17N3O.2ClH/c1-9-4-2-6-11(14-9)12(16)15-7-3-5-10(15)8-13;;/h2,4,6,10H,3,5,7-8,13H2,1H3;2*1H. The molecule has 2 heterocycles. The number of nitrogens with two attached hydrogens (primary N) is 1. The third-order valence-corrected chi connectivity index (χ3v) is 3.02. The Morgan fingerprint density at radius 1 is 1.50 bits per heavy atom. The van der Waals surface area contributed by atoms with Gasteiger partial charge in [0, 0.05) is 24.8 Å². The lowest BCUT2D eigenvalue weighted by Gasteiger charge is -2.23. The Kier molecular flexibility index (Phi) is 7.21. The van der Waals surface area contributed by atoms with E-state index in [4.69, 9.17) is 5.73 Å². The summed E-state index contributed by atoms with van der Waals surface area (Å²) in [5, 5.41) is 0. The molecule has 6 heteroatoms. The number of halogens is 2. The fraction of sp³-hybridized carbons (Fsp3) is 0.500. The quantitative estimate of drug-likeness (QED) is 0.904. The molecule has 0 spiro atoms. The van der Waals surface area contributed by atoms with Crippen LogP contribution in [0.25, 0.3) is 0 Å². The van der Waals surface area contributed by atoms with Crippen LogP contribution >= 0.6 is 24.8 Å². The molecule has 1 aromatic heterocycles. The monoisotopic (exact) mass is 291 g/mol. The second-order valence-corrected chi connectivity index (χ2v) is 4.19. The zero-order valence-electron chi connectivity index (χ0n) is 10.3. The van der Waals surface area contributed by atoms with Gasteiger partial charge in [0.15, 0.2) is 0 Å². The van der Waals surface area contributed by atoms with Crippen LogP contribution in [-0.2, 0) is 0 Å². The van der Waals surface area contributed by atoms with E-state index in [1.807, 2.05) is 24.0 Å². The first kappa shape index (κ1) is 17.2. The normalized spacial score (nSPS) is 17.9. The predicted octanol–water partition coefficient (Wildman–Crippen LogP) is 1.80. The van der Waals surface area contributed by atoms with Crippen molar-refractivity contribution in [3.8, 4) is 0 Å². The maximum Gasteiger partial charge on any atom is 0.272 e. The summed E-state index contributed by atoms with van der Waals surface area (Å²) in [6, 6.07) is 5.71. The molecule has 102 valence electrons. The van der Waals surface area contributed by atoms with Gasteiger partial charge in [0.1, 0.15) is 5.69 Å². The van der Waals surface area contributed by atoms with E-state index in [0.29, 0.717) is 12.2 Å². The van der Waals surface area contributed by atoms with Gasteiger partial charge in [-0.3, -0.25) is 4.79 Å². The number of aryl methyl sites for hydroxylation is 1. The van der Waals surface area contributed by atoms with Crippen molar-refractivity contribution in [2.24, 2.45) is 5.73 Å². The topological polar surface area (TPSA) is 59.2 Å². The van der Waals surface area contributed by atoms with E-state index in [-0.39, 0.29) is 36.8 Å². The maximum atomic E-state index is 12.2. The Morgan fingerprint density at radius 2 is 2.22 bits per heavy atom. The number of amides is 1. The average Bonchev–Trinajstić information content (AvgIpc) is 2.76. The van der Waals surface area contributed by atoms with E-state index in [1.165, 1.54) is 0 Å². The van der Waals surface area contributed by atoms with Crippen LogP contribution < -0.4 is 5.73 Å². The molecular formula is C12H19Cl2N3O. The number of likely N-dealkylation sites (tertiary alicyclic amines) is 1. The molecule has 4 nitrogen and oxygen atoms in total. The molecule has 0 bridgehead atoms. The molecule has 0 radical (unpaired) electrons. The highest BCUT2D eigenvalue weighted by Gasteiger charge is 2.28. The number of hydrogen-bond acceptors (Lipinski definition) is 3. The molecular weight excluding hydrogens is 273 g/mol. The van der Waals surface area contributed by atoms with Gasteiger partial charge < -0.3 is 10.6 Å². The smallest absolute Gasteiger partial charge is 0.272 e. The molecule has 18 heavy (non-hydrogen) atoms. The molecule has 1 fully saturated rings. The van der Waals surface area contributed by atoms with Crippen LogP contribution in [0.4, 0.5) is 0 Å². The Labute approximate surface area is 120 Å². The highest BCUT2D eigenvalue weighted by atomic mass is 35.5. The van der Waals surface area contributed by atoms with Crippen molar-refractivity contribution in [1.82, 2.24) is 9.88 Å². The van der Waals surface area contributed by atoms with Crippen LogP contribution in [-0.4, -0.2) is 34.9 Å². The molecule has 2 N–H and O–H groups in total. The van der Waals surface area contributed by atoms with E-state index in [9.17, 15) is 4.79 Å². The SMILES string of the molecule is Cc1cccc(C(=O)N2CCCC2CN)n1.Cl.Cl. The van der Waals surface area contributed by atoms with Gasteiger partial charge in [-0.05, 0) is 31.9 Å². The molecule has 1 unspecified atom stereocenters. The molecule has 0 aromatic carbocycles. The summed E-state index contributed by atoms with van der Waals surface area (Å²) < 4.78 is 0. The number of carbonyl (C=O) groups excluding carboxylic acids is 1.